The van der Waals surface area contributed by atoms with Crippen molar-refractivity contribution in [3.05, 3.63) is 24.4 Å². The normalized spacial score (nSPS) is 11.2. The summed E-state index contributed by atoms with van der Waals surface area (Å²) in [5.41, 5.74) is 0. The second-order valence-corrected chi connectivity index (χ2v) is 1.72. The largest absolute Gasteiger partial charge is 0.574 e. The van der Waals surface area contributed by atoms with E-state index in [0.29, 0.717) is 0 Å². The lowest BCUT2D eigenvalue weighted by atomic mass is 10.5. The van der Waals surface area contributed by atoms with Gasteiger partial charge in [-0.05, 0) is 6.07 Å². The Morgan fingerprint density at radius 1 is 1.27 bits per heavy atom. The number of ether oxygens (including phenoxy) is 1. The summed E-state index contributed by atoms with van der Waals surface area (Å²) in [6.07, 6.45) is -3.44. The van der Waals surface area contributed by atoms with Gasteiger partial charge in [0.25, 0.3) is 0 Å². The van der Waals surface area contributed by atoms with E-state index < -0.39 is 12.2 Å². The van der Waals surface area contributed by atoms with Gasteiger partial charge in [-0.25, -0.2) is 4.98 Å². The first-order valence-corrected chi connectivity index (χ1v) is 2.75. The molecular weight excluding hydrogens is 159 g/mol. The summed E-state index contributed by atoms with van der Waals surface area (Å²) >= 11 is 0. The number of aromatic nitrogens is 1. The number of pyridine rings is 1. The van der Waals surface area contributed by atoms with Crippen molar-refractivity contribution >= 4 is 0 Å². The maximum absolute atomic E-state index is 11.5. The highest BCUT2D eigenvalue weighted by Gasteiger charge is 2.31. The molecule has 60 valence electrons. The number of hydrogen-bond acceptors (Lipinski definition) is 2. The van der Waals surface area contributed by atoms with E-state index in [0.717, 1.165) is 6.07 Å². The number of alkyl halides is 3. The Morgan fingerprint density at radius 2 is 2.00 bits per heavy atom. The molecule has 0 aliphatic carbocycles. The van der Waals surface area contributed by atoms with Crippen LogP contribution in [-0.4, -0.2) is 11.3 Å². The van der Waals surface area contributed by atoms with Gasteiger partial charge in [0.1, 0.15) is 0 Å². The number of halogens is 3. The van der Waals surface area contributed by atoms with Gasteiger partial charge in [-0.1, -0.05) is 6.07 Å². The number of rotatable bonds is 1. The van der Waals surface area contributed by atoms with E-state index in [1.165, 1.54) is 18.3 Å². The van der Waals surface area contributed by atoms with Crippen LogP contribution in [0.2, 0.25) is 0 Å². The molecule has 5 heteroatoms. The molecule has 0 saturated heterocycles. The Kier molecular flexibility index (Phi) is 1.98. The van der Waals surface area contributed by atoms with Crippen LogP contribution in [0.5, 0.6) is 5.88 Å². The average Bonchev–Trinajstić information content (AvgIpc) is 1.85. The SMILES string of the molecule is FC(F)(F)Oc1ccccn1. The second kappa shape index (κ2) is 2.77. The molecule has 1 rings (SSSR count). The summed E-state index contributed by atoms with van der Waals surface area (Å²) in [7, 11) is 0. The molecule has 1 heterocycles. The van der Waals surface area contributed by atoms with Gasteiger partial charge in [0.15, 0.2) is 0 Å². The van der Waals surface area contributed by atoms with Gasteiger partial charge >= 0.3 is 6.36 Å². The molecule has 2 nitrogen and oxygen atoms in total. The van der Waals surface area contributed by atoms with Crippen molar-refractivity contribution in [1.82, 2.24) is 4.98 Å². The predicted octanol–water partition coefficient (Wildman–Crippen LogP) is 1.98. The minimum Gasteiger partial charge on any atom is -0.388 e. The summed E-state index contributed by atoms with van der Waals surface area (Å²) in [5, 5.41) is 0. The van der Waals surface area contributed by atoms with Crippen molar-refractivity contribution in [2.75, 3.05) is 0 Å². The van der Waals surface area contributed by atoms with Crippen LogP contribution in [0.3, 0.4) is 0 Å². The van der Waals surface area contributed by atoms with Gasteiger partial charge < -0.3 is 4.74 Å². The van der Waals surface area contributed by atoms with Gasteiger partial charge in [0, 0.05) is 12.3 Å². The van der Waals surface area contributed by atoms with Gasteiger partial charge in [0.2, 0.25) is 5.88 Å². The molecule has 1 aromatic heterocycles. The zero-order valence-corrected chi connectivity index (χ0v) is 5.30. The lowest BCUT2D eigenvalue weighted by molar-refractivity contribution is -0.276. The standard InChI is InChI=1S/C6H4F3NO/c7-6(8,9)11-5-3-1-2-4-10-5/h1-4H. The fourth-order valence-corrected chi connectivity index (χ4v) is 0.526. The highest BCUT2D eigenvalue weighted by Crippen LogP contribution is 2.19. The van der Waals surface area contributed by atoms with E-state index >= 15 is 0 Å². The van der Waals surface area contributed by atoms with E-state index in [-0.39, 0.29) is 0 Å². The molecule has 0 N–H and O–H groups in total. The van der Waals surface area contributed by atoms with Gasteiger partial charge in [-0.3, -0.25) is 0 Å². The van der Waals surface area contributed by atoms with E-state index in [4.69, 9.17) is 0 Å². The summed E-state index contributed by atoms with van der Waals surface area (Å²) in [5.74, 6) is -0.444. The molecule has 0 unspecified atom stereocenters. The molecule has 0 fully saturated rings. The first-order chi connectivity index (χ1) is 5.08. The first-order valence-electron chi connectivity index (χ1n) is 2.75. The molecule has 0 atom stereocenters. The minimum absolute atomic E-state index is 0.444. The number of nitrogens with zero attached hydrogens (tertiary/aromatic N) is 1. The predicted molar refractivity (Wildman–Crippen MR) is 30.9 cm³/mol. The molecule has 0 radical (unpaired) electrons. The molecule has 0 bridgehead atoms. The third kappa shape index (κ3) is 2.88. The molecule has 0 aliphatic rings. The quantitative estimate of drug-likeness (QED) is 0.631. The third-order valence-corrected chi connectivity index (χ3v) is 0.858. The summed E-state index contributed by atoms with van der Waals surface area (Å²) in [6, 6.07) is 4.05. The molecule has 0 aliphatic heterocycles. The Labute approximate surface area is 60.6 Å². The maximum Gasteiger partial charge on any atom is 0.574 e. The van der Waals surface area contributed by atoms with Crippen LogP contribution in [-0.2, 0) is 0 Å². The van der Waals surface area contributed by atoms with Gasteiger partial charge in [-0.2, -0.15) is 0 Å². The maximum atomic E-state index is 11.5. The Morgan fingerprint density at radius 3 is 2.45 bits per heavy atom. The van der Waals surface area contributed by atoms with Crippen LogP contribution >= 0.6 is 0 Å². The van der Waals surface area contributed by atoms with Crippen LogP contribution in [0.4, 0.5) is 13.2 Å². The van der Waals surface area contributed by atoms with E-state index in [1.807, 2.05) is 0 Å². The van der Waals surface area contributed by atoms with Crippen molar-refractivity contribution in [2.45, 2.75) is 6.36 Å². The Hall–Kier alpha value is -1.26. The topological polar surface area (TPSA) is 22.1 Å². The van der Waals surface area contributed by atoms with Crippen molar-refractivity contribution in [3.63, 3.8) is 0 Å². The van der Waals surface area contributed by atoms with E-state index in [1.54, 1.807) is 0 Å². The molecule has 11 heavy (non-hydrogen) atoms. The van der Waals surface area contributed by atoms with Crippen LogP contribution in [0.1, 0.15) is 0 Å². The smallest absolute Gasteiger partial charge is 0.388 e. The monoisotopic (exact) mass is 163 g/mol. The molecular formula is C6H4F3NO. The minimum atomic E-state index is -4.66. The zero-order valence-electron chi connectivity index (χ0n) is 5.30. The highest BCUT2D eigenvalue weighted by atomic mass is 19.4. The Balaban J connectivity index is 2.66. The zero-order chi connectivity index (χ0) is 8.32. The molecule has 0 amide bonds. The summed E-state index contributed by atoms with van der Waals surface area (Å²) in [4.78, 5) is 3.32. The van der Waals surface area contributed by atoms with E-state index in [9.17, 15) is 13.2 Å². The Bertz CT molecular complexity index is 221. The number of hydrogen-bond donors (Lipinski definition) is 0. The van der Waals surface area contributed by atoms with Crippen molar-refractivity contribution < 1.29 is 17.9 Å². The average molecular weight is 163 g/mol. The van der Waals surface area contributed by atoms with E-state index in [2.05, 4.69) is 9.72 Å². The van der Waals surface area contributed by atoms with Crippen molar-refractivity contribution in [2.24, 2.45) is 0 Å². The van der Waals surface area contributed by atoms with Crippen LogP contribution in [0, 0.1) is 0 Å². The fourth-order valence-electron chi connectivity index (χ4n) is 0.526. The lowest BCUT2D eigenvalue weighted by Gasteiger charge is -2.05. The highest BCUT2D eigenvalue weighted by molar-refractivity contribution is 5.09. The molecule has 0 aromatic carbocycles. The van der Waals surface area contributed by atoms with Crippen molar-refractivity contribution in [1.29, 1.82) is 0 Å². The van der Waals surface area contributed by atoms with Crippen LogP contribution in [0.15, 0.2) is 24.4 Å². The van der Waals surface area contributed by atoms with Gasteiger partial charge in [-0.15, -0.1) is 13.2 Å². The molecule has 1 aromatic rings. The van der Waals surface area contributed by atoms with Crippen LogP contribution < -0.4 is 4.74 Å². The molecule has 0 saturated carbocycles. The molecule has 0 spiro atoms. The summed E-state index contributed by atoms with van der Waals surface area (Å²) < 4.78 is 37.9. The first kappa shape index (κ1) is 7.84. The summed E-state index contributed by atoms with van der Waals surface area (Å²) in [6.45, 7) is 0. The van der Waals surface area contributed by atoms with Crippen LogP contribution in [0.25, 0.3) is 0 Å². The third-order valence-electron chi connectivity index (χ3n) is 0.858. The fraction of sp³-hybridized carbons (Fsp3) is 0.167. The van der Waals surface area contributed by atoms with Gasteiger partial charge in [0.05, 0.1) is 0 Å². The lowest BCUT2D eigenvalue weighted by Crippen LogP contribution is -2.17. The van der Waals surface area contributed by atoms with Crippen molar-refractivity contribution in [3.8, 4) is 5.88 Å². The second-order valence-electron chi connectivity index (χ2n) is 1.72.